The van der Waals surface area contributed by atoms with E-state index in [9.17, 15) is 29.4 Å². The van der Waals surface area contributed by atoms with Crippen molar-refractivity contribution in [2.24, 2.45) is 17.8 Å². The third kappa shape index (κ3) is 8.48. The Hall–Kier alpha value is -2.71. The molecule has 0 aliphatic carbocycles. The molecule has 12 nitrogen and oxygen atoms in total. The number of aliphatic hydroxyl groups excluding tert-OH is 1. The average Bonchev–Trinajstić information content (AvgIpc) is 3.85. The maximum Gasteiger partial charge on any atom is 0.327 e. The first kappa shape index (κ1) is 40.5. The van der Waals surface area contributed by atoms with Gasteiger partial charge in [-0.15, -0.1) is 11.8 Å². The van der Waals surface area contributed by atoms with E-state index < -0.39 is 64.2 Å². The normalized spacial score (nSPS) is 31.6. The predicted molar refractivity (Wildman–Crippen MR) is 199 cm³/mol. The molecule has 4 aliphatic rings. The minimum absolute atomic E-state index is 0.00879. The molecule has 0 saturated carbocycles. The van der Waals surface area contributed by atoms with E-state index >= 15 is 0 Å². The minimum Gasteiger partial charge on any atom is -0.480 e. The molecule has 52 heavy (non-hydrogen) atoms. The Balaban J connectivity index is 1.16. The molecule has 1 aromatic rings. The molecule has 1 aromatic carbocycles. The number of β-lactam (4-membered cyclic amide) rings is 1. The van der Waals surface area contributed by atoms with Crippen molar-refractivity contribution < 1.29 is 38.9 Å². The summed E-state index contributed by atoms with van der Waals surface area (Å²) < 4.78 is 12.2. The second kappa shape index (κ2) is 16.8. The Morgan fingerprint density at radius 2 is 1.60 bits per heavy atom. The summed E-state index contributed by atoms with van der Waals surface area (Å²) in [5, 5.41) is 26.5. The number of nitrogens with one attached hydrogen (secondary N) is 2. The van der Waals surface area contributed by atoms with Crippen LogP contribution in [0.5, 0.6) is 0 Å². The van der Waals surface area contributed by atoms with Crippen LogP contribution in [0.2, 0.25) is 0 Å². The average molecular weight is 745 g/mol. The molecule has 13 atom stereocenters. The summed E-state index contributed by atoms with van der Waals surface area (Å²) >= 11 is 1.35. The highest BCUT2D eigenvalue weighted by Gasteiger charge is 2.64. The molecule has 4 saturated heterocycles. The highest BCUT2D eigenvalue weighted by atomic mass is 32.2. The van der Waals surface area contributed by atoms with E-state index in [1.807, 2.05) is 13.0 Å². The lowest BCUT2D eigenvalue weighted by atomic mass is 9.84. The van der Waals surface area contributed by atoms with E-state index in [1.54, 1.807) is 45.0 Å². The molecule has 0 spiro atoms. The number of hydrogen-bond donors (Lipinski definition) is 4. The number of fused-ring (bicyclic) bond motifs is 1. The number of benzene rings is 1. The molecular weight excluding hydrogens is 685 g/mol. The maximum absolute atomic E-state index is 13.8. The van der Waals surface area contributed by atoms with Crippen molar-refractivity contribution in [2.45, 2.75) is 151 Å². The van der Waals surface area contributed by atoms with Crippen molar-refractivity contribution in [1.82, 2.24) is 20.4 Å². The quantitative estimate of drug-likeness (QED) is 0.183. The summed E-state index contributed by atoms with van der Waals surface area (Å²) in [5.74, 6) is -3.23. The second-order valence-electron chi connectivity index (χ2n) is 16.2. The topological polar surface area (TPSA) is 158 Å². The second-order valence-corrected chi connectivity index (χ2v) is 18.0. The Morgan fingerprint density at radius 3 is 2.21 bits per heavy atom. The number of amides is 3. The summed E-state index contributed by atoms with van der Waals surface area (Å²) in [6.07, 6.45) is 5.50. The first-order valence-corrected chi connectivity index (χ1v) is 20.0. The molecule has 5 rings (SSSR count). The van der Waals surface area contributed by atoms with E-state index in [4.69, 9.17) is 9.47 Å². The van der Waals surface area contributed by atoms with Crippen LogP contribution in [0.15, 0.2) is 30.3 Å². The molecule has 4 N–H and O–H groups in total. The van der Waals surface area contributed by atoms with Gasteiger partial charge in [0, 0.05) is 22.6 Å². The van der Waals surface area contributed by atoms with Crippen molar-refractivity contribution in [3.8, 4) is 0 Å². The lowest BCUT2D eigenvalue weighted by Crippen LogP contribution is -2.71. The smallest absolute Gasteiger partial charge is 0.327 e. The zero-order valence-electron chi connectivity index (χ0n) is 32.0. The van der Waals surface area contributed by atoms with Crippen molar-refractivity contribution in [1.29, 1.82) is 0 Å². The number of hydrogen-bond acceptors (Lipinski definition) is 9. The fourth-order valence-corrected chi connectivity index (χ4v) is 10.3. The van der Waals surface area contributed by atoms with E-state index in [-0.39, 0.29) is 36.1 Å². The predicted octanol–water partition coefficient (Wildman–Crippen LogP) is 3.96. The van der Waals surface area contributed by atoms with Gasteiger partial charge in [0.05, 0.1) is 36.4 Å². The highest BCUT2D eigenvalue weighted by Crippen LogP contribution is 2.51. The lowest BCUT2D eigenvalue weighted by Gasteiger charge is -2.44. The third-order valence-corrected chi connectivity index (χ3v) is 13.6. The van der Waals surface area contributed by atoms with Gasteiger partial charge < -0.3 is 40.1 Å². The molecule has 290 valence electrons. The van der Waals surface area contributed by atoms with Gasteiger partial charge in [0.15, 0.2) is 0 Å². The number of nitrogens with zero attached hydrogens (tertiary/aromatic N) is 2. The Morgan fingerprint density at radius 1 is 0.981 bits per heavy atom. The van der Waals surface area contributed by atoms with Gasteiger partial charge in [-0.2, -0.15) is 0 Å². The summed E-state index contributed by atoms with van der Waals surface area (Å²) in [6.45, 7) is 11.6. The van der Waals surface area contributed by atoms with E-state index in [0.717, 1.165) is 32.1 Å². The summed E-state index contributed by atoms with van der Waals surface area (Å²) in [5.41, 5.74) is 0.557. The van der Waals surface area contributed by atoms with Crippen molar-refractivity contribution in [3.05, 3.63) is 35.9 Å². The number of thioether (sulfide) groups is 1. The zero-order chi connectivity index (χ0) is 38.1. The minimum atomic E-state index is -1.08. The standard InChI is InChI=1S/C39H60N4O8S/c1-9-13-25(42(7)8)20-26-16-17-27(50-26)21(2)32(44)22(3)28-18-19-29(51-28)23(4)34(45)40-30(24-14-11-10-12-15-24)35(46)41-31-36(47)43-33(38(48)49)39(5,6)52-37(31)43/h10-12,14-15,21-23,25-33,37,44H,9,13,16-20H2,1-8H3,(H,40,45)(H,41,46)(H,48,49)/t21-,22-,23-,25-,26+,27-,28+,29-,30?,31-,32+,33+,37-/m1/s1. The van der Waals surface area contributed by atoms with Crippen LogP contribution in [-0.2, 0) is 28.7 Å². The van der Waals surface area contributed by atoms with Gasteiger partial charge in [0.1, 0.15) is 23.5 Å². The molecule has 0 radical (unpaired) electrons. The van der Waals surface area contributed by atoms with Crippen molar-refractivity contribution in [3.63, 3.8) is 0 Å². The largest absolute Gasteiger partial charge is 0.480 e. The molecular formula is C39H60N4O8S. The van der Waals surface area contributed by atoms with Gasteiger partial charge in [0.2, 0.25) is 17.7 Å². The SMILES string of the molecule is CCC[C@H](C[C@@H]1CC[C@H]([C@@H](C)[C@H](O)[C@H](C)[C@@H]2CC[C@H]([C@@H](C)C(=O)NC(C(=O)N[C@@H]3C(=O)N4[C@@H]3SC(C)(C)[C@@H]4C(=O)O)c3ccccc3)O2)O1)N(C)C. The highest BCUT2D eigenvalue weighted by molar-refractivity contribution is 8.01. The third-order valence-electron chi connectivity index (χ3n) is 12.0. The van der Waals surface area contributed by atoms with Crippen LogP contribution in [-0.4, -0.2) is 117 Å². The van der Waals surface area contributed by atoms with Gasteiger partial charge >= 0.3 is 5.97 Å². The fraction of sp³-hybridized carbons (Fsp3) is 0.744. The molecule has 4 fully saturated rings. The number of rotatable bonds is 16. The van der Waals surface area contributed by atoms with Gasteiger partial charge in [-0.05, 0) is 72.0 Å². The molecule has 4 aliphatic heterocycles. The number of aliphatic hydroxyl groups is 1. The monoisotopic (exact) mass is 744 g/mol. The molecule has 13 heteroatoms. The first-order chi connectivity index (χ1) is 24.5. The molecule has 1 unspecified atom stereocenters. The maximum atomic E-state index is 13.8. The number of ether oxygens (including phenoxy) is 2. The summed E-state index contributed by atoms with van der Waals surface area (Å²) in [6, 6.07) is 6.37. The van der Waals surface area contributed by atoms with Gasteiger partial charge in [0.25, 0.3) is 0 Å². The van der Waals surface area contributed by atoms with Crippen LogP contribution < -0.4 is 10.6 Å². The Labute approximate surface area is 313 Å². The van der Waals surface area contributed by atoms with Gasteiger partial charge in [-0.25, -0.2) is 4.79 Å². The Kier molecular flexibility index (Phi) is 13.0. The number of carbonyl (C=O) groups is 4. The van der Waals surface area contributed by atoms with E-state index in [0.29, 0.717) is 24.4 Å². The number of aliphatic carboxylic acids is 1. The first-order valence-electron chi connectivity index (χ1n) is 19.1. The van der Waals surface area contributed by atoms with Crippen molar-refractivity contribution in [2.75, 3.05) is 14.1 Å². The van der Waals surface area contributed by atoms with Crippen LogP contribution in [0.4, 0.5) is 0 Å². The zero-order valence-corrected chi connectivity index (χ0v) is 32.8. The van der Waals surface area contributed by atoms with E-state index in [2.05, 4.69) is 43.5 Å². The summed E-state index contributed by atoms with van der Waals surface area (Å²) in [7, 11) is 4.25. The Bertz CT molecular complexity index is 1430. The van der Waals surface area contributed by atoms with Crippen LogP contribution in [0.3, 0.4) is 0 Å². The van der Waals surface area contributed by atoms with Crippen LogP contribution in [0, 0.1) is 17.8 Å². The lowest BCUT2D eigenvalue weighted by molar-refractivity contribution is -0.161. The molecule has 4 heterocycles. The van der Waals surface area contributed by atoms with Crippen molar-refractivity contribution >= 4 is 35.5 Å². The molecule has 3 amide bonds. The summed E-state index contributed by atoms with van der Waals surface area (Å²) in [4.78, 5) is 56.2. The van der Waals surface area contributed by atoms with Gasteiger partial charge in [-0.1, -0.05) is 64.4 Å². The van der Waals surface area contributed by atoms with E-state index in [1.165, 1.54) is 16.7 Å². The van der Waals surface area contributed by atoms with Crippen LogP contribution in [0.25, 0.3) is 0 Å². The fourth-order valence-electron chi connectivity index (χ4n) is 8.65. The van der Waals surface area contributed by atoms with Crippen LogP contribution in [0.1, 0.15) is 98.1 Å². The molecule has 0 bridgehead atoms. The van der Waals surface area contributed by atoms with Crippen LogP contribution >= 0.6 is 11.8 Å². The number of carboxylic acids is 1. The molecule has 0 aromatic heterocycles. The number of carbonyl (C=O) groups excluding carboxylic acids is 3. The van der Waals surface area contributed by atoms with Gasteiger partial charge in [-0.3, -0.25) is 14.4 Å². The number of carboxylic acid groups (broad SMARTS) is 1.